The van der Waals surface area contributed by atoms with Gasteiger partial charge in [0.05, 0.1) is 10.6 Å². The van der Waals surface area contributed by atoms with Gasteiger partial charge in [-0.15, -0.1) is 11.3 Å². The van der Waals surface area contributed by atoms with Crippen molar-refractivity contribution in [2.24, 2.45) is 4.40 Å². The van der Waals surface area contributed by atoms with E-state index in [-0.39, 0.29) is 4.90 Å². The predicted molar refractivity (Wildman–Crippen MR) is 124 cm³/mol. The van der Waals surface area contributed by atoms with Gasteiger partial charge >= 0.3 is 0 Å². The third-order valence-electron chi connectivity index (χ3n) is 4.80. The standard InChI is InChI=1S/C23H14BrNO2S2/c24-16-9-11-17(12-10-16)29(26,27)25-20-14-13-19-22-18(20)7-4-8-21(22)28-23(19)15-5-2-1-3-6-15/h1-14H/b25-20+. The molecule has 0 saturated heterocycles. The Morgan fingerprint density at radius 1 is 0.828 bits per heavy atom. The Bertz CT molecular complexity index is 1400. The van der Waals surface area contributed by atoms with Crippen molar-refractivity contribution in [1.82, 2.24) is 0 Å². The van der Waals surface area contributed by atoms with Crippen molar-refractivity contribution in [3.8, 4) is 10.4 Å². The molecule has 1 aliphatic rings. The molecule has 0 bridgehead atoms. The Hall–Kier alpha value is -2.54. The Kier molecular flexibility index (Phi) is 4.50. The van der Waals surface area contributed by atoms with E-state index in [4.69, 9.17) is 0 Å². The zero-order valence-electron chi connectivity index (χ0n) is 15.0. The first kappa shape index (κ1) is 18.5. The zero-order valence-corrected chi connectivity index (χ0v) is 18.3. The van der Waals surface area contributed by atoms with Gasteiger partial charge in [-0.05, 0) is 42.0 Å². The van der Waals surface area contributed by atoms with Gasteiger partial charge in [-0.2, -0.15) is 12.8 Å². The topological polar surface area (TPSA) is 46.5 Å². The van der Waals surface area contributed by atoms with Gasteiger partial charge in [0.25, 0.3) is 10.0 Å². The van der Waals surface area contributed by atoms with Crippen LogP contribution in [0, 0.1) is 0 Å². The maximum absolute atomic E-state index is 12.8. The molecule has 0 unspecified atom stereocenters. The van der Waals surface area contributed by atoms with Crippen LogP contribution >= 0.6 is 27.3 Å². The first-order chi connectivity index (χ1) is 14.0. The lowest BCUT2D eigenvalue weighted by atomic mass is 9.94. The molecular formula is C23H14BrNO2S2. The van der Waals surface area contributed by atoms with Crippen LogP contribution in [0.1, 0.15) is 11.1 Å². The van der Waals surface area contributed by atoms with Gasteiger partial charge in [-0.1, -0.05) is 64.5 Å². The van der Waals surface area contributed by atoms with Crippen molar-refractivity contribution in [2.75, 3.05) is 0 Å². The second-order valence-corrected chi connectivity index (χ2v) is 10.2. The molecule has 142 valence electrons. The highest BCUT2D eigenvalue weighted by Crippen LogP contribution is 2.43. The summed E-state index contributed by atoms with van der Waals surface area (Å²) < 4.78 is 31.8. The van der Waals surface area contributed by atoms with Gasteiger partial charge < -0.3 is 0 Å². The molecule has 3 nitrogen and oxygen atoms in total. The van der Waals surface area contributed by atoms with Crippen LogP contribution in [-0.2, 0) is 10.0 Å². The molecule has 0 N–H and O–H groups in total. The summed E-state index contributed by atoms with van der Waals surface area (Å²) in [6.45, 7) is 0. The molecule has 0 radical (unpaired) electrons. The summed E-state index contributed by atoms with van der Waals surface area (Å²) in [4.78, 5) is 1.36. The molecule has 0 saturated carbocycles. The van der Waals surface area contributed by atoms with Crippen LogP contribution in [0.4, 0.5) is 0 Å². The van der Waals surface area contributed by atoms with Crippen molar-refractivity contribution >= 4 is 59.2 Å². The van der Waals surface area contributed by atoms with Crippen LogP contribution in [0.3, 0.4) is 0 Å². The first-order valence-corrected chi connectivity index (χ1v) is 12.0. The highest BCUT2D eigenvalue weighted by atomic mass is 79.9. The minimum absolute atomic E-state index is 0.176. The summed E-state index contributed by atoms with van der Waals surface area (Å²) in [5, 5.41) is 1.06. The van der Waals surface area contributed by atoms with E-state index in [1.54, 1.807) is 41.7 Å². The summed E-state index contributed by atoms with van der Waals surface area (Å²) in [6, 6.07) is 22.7. The lowest BCUT2D eigenvalue weighted by Crippen LogP contribution is -2.07. The number of thiophene rings is 1. The van der Waals surface area contributed by atoms with Gasteiger partial charge in [0.2, 0.25) is 0 Å². The van der Waals surface area contributed by atoms with Crippen molar-refractivity contribution in [3.63, 3.8) is 0 Å². The normalized spacial score (nSPS) is 14.6. The minimum Gasteiger partial charge on any atom is -0.199 e. The minimum atomic E-state index is -3.80. The number of benzene rings is 3. The van der Waals surface area contributed by atoms with Gasteiger partial charge in [-0.25, -0.2) is 0 Å². The lowest BCUT2D eigenvalue weighted by Gasteiger charge is -2.11. The molecule has 0 amide bonds. The monoisotopic (exact) mass is 479 g/mol. The van der Waals surface area contributed by atoms with Crippen molar-refractivity contribution in [2.45, 2.75) is 4.90 Å². The van der Waals surface area contributed by atoms with Crippen LogP contribution < -0.4 is 0 Å². The smallest absolute Gasteiger partial charge is 0.199 e. The van der Waals surface area contributed by atoms with E-state index >= 15 is 0 Å². The van der Waals surface area contributed by atoms with E-state index in [0.717, 1.165) is 31.2 Å². The third kappa shape index (κ3) is 3.27. The summed E-state index contributed by atoms with van der Waals surface area (Å²) >= 11 is 5.04. The van der Waals surface area contributed by atoms with E-state index in [1.807, 2.05) is 36.4 Å². The summed E-state index contributed by atoms with van der Waals surface area (Å²) in [7, 11) is -3.80. The van der Waals surface area contributed by atoms with E-state index in [1.165, 1.54) is 4.88 Å². The van der Waals surface area contributed by atoms with Crippen molar-refractivity contribution in [3.05, 3.63) is 94.5 Å². The van der Waals surface area contributed by atoms with E-state index in [0.29, 0.717) is 5.71 Å². The average Bonchev–Trinajstić information content (AvgIpc) is 3.11. The fourth-order valence-electron chi connectivity index (χ4n) is 3.47. The maximum atomic E-state index is 12.8. The van der Waals surface area contributed by atoms with Crippen molar-refractivity contribution in [1.29, 1.82) is 0 Å². The number of hydrogen-bond acceptors (Lipinski definition) is 3. The molecule has 0 spiro atoms. The SMILES string of the molecule is O=S(=O)(/N=C1\C=Cc2c(-c3ccccc3)sc3cccc1c23)c1ccc(Br)cc1. The van der Waals surface area contributed by atoms with E-state index in [2.05, 4.69) is 38.5 Å². The molecule has 6 heteroatoms. The molecule has 29 heavy (non-hydrogen) atoms. The van der Waals surface area contributed by atoms with E-state index < -0.39 is 10.0 Å². The largest absolute Gasteiger partial charge is 0.282 e. The molecule has 0 aliphatic heterocycles. The maximum Gasteiger partial charge on any atom is 0.282 e. The summed E-state index contributed by atoms with van der Waals surface area (Å²) in [5.74, 6) is 0. The Balaban J connectivity index is 1.67. The summed E-state index contributed by atoms with van der Waals surface area (Å²) in [5.41, 5.74) is 3.58. The Morgan fingerprint density at radius 2 is 1.59 bits per heavy atom. The molecule has 0 atom stereocenters. The number of halogens is 1. The molecule has 1 heterocycles. The van der Waals surface area contributed by atoms with Crippen LogP contribution in [-0.4, -0.2) is 14.1 Å². The number of hydrogen-bond donors (Lipinski definition) is 0. The fraction of sp³-hybridized carbons (Fsp3) is 0. The molecule has 5 rings (SSSR count). The molecule has 4 aromatic rings. The van der Waals surface area contributed by atoms with Gasteiger partial charge in [-0.3, -0.25) is 0 Å². The second-order valence-electron chi connectivity index (χ2n) is 6.63. The first-order valence-electron chi connectivity index (χ1n) is 8.93. The Morgan fingerprint density at radius 3 is 2.34 bits per heavy atom. The quantitative estimate of drug-likeness (QED) is 0.335. The van der Waals surface area contributed by atoms with Crippen LogP contribution in [0.15, 0.2) is 92.6 Å². The van der Waals surface area contributed by atoms with Crippen LogP contribution in [0.2, 0.25) is 0 Å². The lowest BCUT2D eigenvalue weighted by molar-refractivity contribution is 0.598. The summed E-state index contributed by atoms with van der Waals surface area (Å²) in [6.07, 6.45) is 3.77. The number of allylic oxidation sites excluding steroid dienone is 1. The molecule has 1 aliphatic carbocycles. The Labute approximate surface area is 181 Å². The second kappa shape index (κ2) is 7.06. The van der Waals surface area contributed by atoms with Crippen molar-refractivity contribution < 1.29 is 8.42 Å². The van der Waals surface area contributed by atoms with Gasteiger partial charge in [0.1, 0.15) is 0 Å². The number of rotatable bonds is 3. The van der Waals surface area contributed by atoms with Gasteiger partial charge in [0.15, 0.2) is 0 Å². The van der Waals surface area contributed by atoms with Gasteiger partial charge in [0, 0.05) is 30.6 Å². The molecular weight excluding hydrogens is 466 g/mol. The van der Waals surface area contributed by atoms with E-state index in [9.17, 15) is 8.42 Å². The molecule has 0 fully saturated rings. The predicted octanol–water partition coefficient (Wildman–Crippen LogP) is 6.54. The fourth-order valence-corrected chi connectivity index (χ4v) is 5.96. The molecule has 1 aromatic heterocycles. The number of sulfonamides is 1. The zero-order chi connectivity index (χ0) is 20.0. The number of nitrogens with zero attached hydrogens (tertiary/aromatic N) is 1. The third-order valence-corrected chi connectivity index (χ3v) is 7.86. The highest BCUT2D eigenvalue weighted by molar-refractivity contribution is 9.10. The highest BCUT2D eigenvalue weighted by Gasteiger charge is 2.22. The van der Waals surface area contributed by atoms with Crippen LogP contribution in [0.5, 0.6) is 0 Å². The average molecular weight is 480 g/mol. The molecule has 3 aromatic carbocycles. The van der Waals surface area contributed by atoms with Crippen LogP contribution in [0.25, 0.3) is 26.6 Å².